The average Bonchev–Trinajstić information content (AvgIpc) is 3.59. The number of fused-ring (bicyclic) bond motifs is 1. The number of benzene rings is 2. The van der Waals surface area contributed by atoms with Gasteiger partial charge in [-0.3, -0.25) is 14.4 Å². The van der Waals surface area contributed by atoms with Gasteiger partial charge in [0.25, 0.3) is 11.8 Å². The molecule has 2 aliphatic rings. The highest BCUT2D eigenvalue weighted by Crippen LogP contribution is 2.48. The summed E-state index contributed by atoms with van der Waals surface area (Å²) in [5.74, 6) is -2.46. The van der Waals surface area contributed by atoms with Crippen molar-refractivity contribution in [2.24, 2.45) is 17.1 Å². The maximum absolute atomic E-state index is 14.9. The third kappa shape index (κ3) is 4.57. The minimum atomic E-state index is -0.947. The summed E-state index contributed by atoms with van der Waals surface area (Å²) in [4.78, 5) is 44.0. The van der Waals surface area contributed by atoms with Crippen LogP contribution in [0.25, 0.3) is 22.2 Å². The first-order valence-electron chi connectivity index (χ1n) is 13.8. The Morgan fingerprint density at radius 3 is 2.52 bits per heavy atom. The van der Waals surface area contributed by atoms with Crippen molar-refractivity contribution in [3.63, 3.8) is 0 Å². The number of hydrogen-bond donors (Lipinski definition) is 2. The molecule has 3 amide bonds. The topological polar surface area (TPSA) is 134 Å². The number of nitrogens with zero attached hydrogens (tertiary/aromatic N) is 4. The molecule has 0 radical (unpaired) electrons. The Hall–Kier alpha value is -5.04. The van der Waals surface area contributed by atoms with Crippen LogP contribution in [0.3, 0.4) is 0 Å². The summed E-state index contributed by atoms with van der Waals surface area (Å²) in [5.41, 5.74) is 7.21. The number of pyridine rings is 1. The number of rotatable bonds is 7. The number of nitrogens with one attached hydrogen (secondary N) is 1. The molecule has 2 fully saturated rings. The Balaban J connectivity index is 1.42. The van der Waals surface area contributed by atoms with Gasteiger partial charge in [0.15, 0.2) is 11.5 Å². The van der Waals surface area contributed by atoms with Crippen molar-refractivity contribution < 1.29 is 18.8 Å². The monoisotopic (exact) mass is 564 g/mol. The number of carbonyl (C=O) groups is 3. The first kappa shape index (κ1) is 27.1. The molecule has 3 N–H and O–H groups in total. The van der Waals surface area contributed by atoms with E-state index in [2.05, 4.69) is 16.4 Å². The van der Waals surface area contributed by atoms with Crippen molar-refractivity contribution in [2.45, 2.75) is 45.7 Å². The number of anilines is 2. The van der Waals surface area contributed by atoms with Gasteiger partial charge >= 0.3 is 0 Å². The number of hydrogen-bond acceptors (Lipinski definition) is 5. The molecule has 0 spiro atoms. The molecule has 2 aromatic carbocycles. The summed E-state index contributed by atoms with van der Waals surface area (Å²) >= 11 is 0. The fourth-order valence-electron chi connectivity index (χ4n) is 5.89. The lowest BCUT2D eigenvalue weighted by molar-refractivity contribution is -0.120. The van der Waals surface area contributed by atoms with Gasteiger partial charge in [0.05, 0.1) is 28.3 Å². The summed E-state index contributed by atoms with van der Waals surface area (Å²) in [6.45, 7) is 4.33. The molecule has 9 nitrogen and oxygen atoms in total. The van der Waals surface area contributed by atoms with E-state index in [0.717, 1.165) is 41.6 Å². The van der Waals surface area contributed by atoms with Gasteiger partial charge in [-0.05, 0) is 68.1 Å². The Kier molecular flexibility index (Phi) is 6.53. The smallest absolute Gasteiger partial charge is 0.276 e. The summed E-state index contributed by atoms with van der Waals surface area (Å²) in [6, 6.07) is 18.0. The van der Waals surface area contributed by atoms with Crippen LogP contribution in [0.4, 0.5) is 15.8 Å². The van der Waals surface area contributed by atoms with Crippen molar-refractivity contribution in [1.29, 1.82) is 5.26 Å². The molecule has 212 valence electrons. The van der Waals surface area contributed by atoms with E-state index in [1.54, 1.807) is 6.07 Å². The van der Waals surface area contributed by atoms with Crippen LogP contribution in [-0.2, 0) is 11.3 Å². The van der Waals surface area contributed by atoms with E-state index in [1.165, 1.54) is 24.4 Å². The molecule has 1 saturated heterocycles. The lowest BCUT2D eigenvalue weighted by Crippen LogP contribution is -2.31. The van der Waals surface area contributed by atoms with Gasteiger partial charge in [-0.25, -0.2) is 9.37 Å². The highest BCUT2D eigenvalue weighted by molar-refractivity contribution is 6.12. The molecule has 10 heteroatoms. The van der Waals surface area contributed by atoms with Crippen molar-refractivity contribution in [3.05, 3.63) is 77.9 Å². The van der Waals surface area contributed by atoms with Crippen LogP contribution < -0.4 is 16.0 Å². The minimum Gasteiger partial charge on any atom is -0.366 e. The zero-order valence-electron chi connectivity index (χ0n) is 23.2. The molecule has 1 saturated carbocycles. The Bertz CT molecular complexity index is 1800. The van der Waals surface area contributed by atoms with Gasteiger partial charge in [0, 0.05) is 41.5 Å². The van der Waals surface area contributed by atoms with Crippen LogP contribution >= 0.6 is 0 Å². The molecule has 2 aromatic heterocycles. The van der Waals surface area contributed by atoms with Gasteiger partial charge < -0.3 is 20.5 Å². The van der Waals surface area contributed by atoms with Crippen LogP contribution in [0.5, 0.6) is 0 Å². The third-order valence-electron chi connectivity index (χ3n) is 8.32. The molecule has 2 atom stereocenters. The Morgan fingerprint density at radius 2 is 1.90 bits per heavy atom. The normalized spacial score (nSPS) is 19.1. The van der Waals surface area contributed by atoms with E-state index >= 15 is 0 Å². The number of aromatic nitrogens is 2. The predicted molar refractivity (Wildman–Crippen MR) is 156 cm³/mol. The Labute approximate surface area is 241 Å². The largest absolute Gasteiger partial charge is 0.366 e. The van der Waals surface area contributed by atoms with Gasteiger partial charge in [0.1, 0.15) is 0 Å². The zero-order chi connectivity index (χ0) is 29.8. The van der Waals surface area contributed by atoms with Gasteiger partial charge in [0.2, 0.25) is 5.91 Å². The molecular formula is C32H29FN6O3. The summed E-state index contributed by atoms with van der Waals surface area (Å²) in [5, 5.41) is 13.2. The van der Waals surface area contributed by atoms with Crippen molar-refractivity contribution in [2.75, 3.05) is 10.2 Å². The lowest BCUT2D eigenvalue weighted by Gasteiger charge is -2.22. The van der Waals surface area contributed by atoms with Crippen molar-refractivity contribution in [1.82, 2.24) is 9.55 Å². The second-order valence-corrected chi connectivity index (χ2v) is 11.3. The maximum Gasteiger partial charge on any atom is 0.276 e. The highest BCUT2D eigenvalue weighted by Gasteiger charge is 2.44. The van der Waals surface area contributed by atoms with Crippen LogP contribution in [0, 0.1) is 28.5 Å². The number of amides is 3. The summed E-state index contributed by atoms with van der Waals surface area (Å²) in [6.07, 6.45) is 3.78. The van der Waals surface area contributed by atoms with Gasteiger partial charge in [-0.2, -0.15) is 5.26 Å². The number of carbonyl (C=O) groups excluding carboxylic acids is 3. The number of primary amides is 1. The van der Waals surface area contributed by atoms with E-state index in [4.69, 9.17) is 5.73 Å². The SMILES string of the molecule is CC1C[C@@H](C)C(=O)N1c1ccc(-c2cc3ccnc(C(=O)Nc4cccc(C(N)=O)c4F)c3n2CC2(C#N)CC2)cc1. The Morgan fingerprint density at radius 1 is 1.17 bits per heavy atom. The van der Waals surface area contributed by atoms with E-state index in [1.807, 2.05) is 53.6 Å². The molecule has 42 heavy (non-hydrogen) atoms. The first-order chi connectivity index (χ1) is 20.1. The molecule has 1 aliphatic carbocycles. The second-order valence-electron chi connectivity index (χ2n) is 11.3. The molecular weight excluding hydrogens is 535 g/mol. The molecule has 3 heterocycles. The number of halogens is 1. The fraction of sp³-hybridized carbons (Fsp3) is 0.281. The predicted octanol–water partition coefficient (Wildman–Crippen LogP) is 5.26. The average molecular weight is 565 g/mol. The van der Waals surface area contributed by atoms with Crippen LogP contribution in [-0.4, -0.2) is 33.3 Å². The van der Waals surface area contributed by atoms with Crippen molar-refractivity contribution in [3.8, 4) is 17.3 Å². The molecule has 1 unspecified atom stereocenters. The second kappa shape index (κ2) is 10.1. The van der Waals surface area contributed by atoms with E-state index < -0.39 is 23.0 Å². The van der Waals surface area contributed by atoms with E-state index in [-0.39, 0.29) is 34.8 Å². The van der Waals surface area contributed by atoms with Crippen LogP contribution in [0.2, 0.25) is 0 Å². The number of nitriles is 1. The summed E-state index contributed by atoms with van der Waals surface area (Å²) < 4.78 is 16.8. The van der Waals surface area contributed by atoms with Gasteiger partial charge in [-0.15, -0.1) is 0 Å². The van der Waals surface area contributed by atoms with Crippen LogP contribution in [0.1, 0.15) is 54.0 Å². The first-order valence-corrected chi connectivity index (χ1v) is 13.8. The maximum atomic E-state index is 14.9. The van der Waals surface area contributed by atoms with E-state index in [0.29, 0.717) is 12.1 Å². The lowest BCUT2D eigenvalue weighted by atomic mass is 10.1. The standard InChI is InChI=1S/C32H29FN6O3/c1-18-14-19(2)39(31(18)42)22-8-6-20(7-9-22)25-15-21-10-13-36-27(28(21)38(25)17-32(16-34)11-12-32)30(41)37-24-5-3-4-23(26(24)33)29(35)40/h3-10,13,15,18-19H,11-12,14,17H2,1-2H3,(H2,35,40)(H,37,41)/t18-,19?/m1/s1. The van der Waals surface area contributed by atoms with E-state index in [9.17, 15) is 24.0 Å². The molecule has 4 aromatic rings. The molecule has 0 bridgehead atoms. The summed E-state index contributed by atoms with van der Waals surface area (Å²) in [7, 11) is 0. The minimum absolute atomic E-state index is 0.0215. The quantitative estimate of drug-likeness (QED) is 0.316. The number of nitrogens with two attached hydrogens (primary N) is 1. The molecule has 6 rings (SSSR count). The third-order valence-corrected chi connectivity index (χ3v) is 8.32. The fourth-order valence-corrected chi connectivity index (χ4v) is 5.89. The zero-order valence-corrected chi connectivity index (χ0v) is 23.2. The van der Waals surface area contributed by atoms with Crippen LogP contribution in [0.15, 0.2) is 60.8 Å². The molecule has 1 aliphatic heterocycles. The highest BCUT2D eigenvalue weighted by atomic mass is 19.1. The van der Waals surface area contributed by atoms with Gasteiger partial charge in [-0.1, -0.05) is 25.1 Å². The van der Waals surface area contributed by atoms with Crippen molar-refractivity contribution >= 4 is 40.0 Å².